The SMILES string of the molecule is O=S1(=O)CCC(C(O)CN2CCNCC2)C1. The first-order chi connectivity index (χ1) is 7.57. The Morgan fingerprint density at radius 3 is 2.62 bits per heavy atom. The van der Waals surface area contributed by atoms with Crippen molar-refractivity contribution in [3.63, 3.8) is 0 Å². The average Bonchev–Trinajstić information content (AvgIpc) is 2.60. The Kier molecular flexibility index (Phi) is 3.84. The van der Waals surface area contributed by atoms with Crippen molar-refractivity contribution < 1.29 is 13.5 Å². The van der Waals surface area contributed by atoms with E-state index in [1.54, 1.807) is 0 Å². The van der Waals surface area contributed by atoms with Crippen molar-refractivity contribution in [1.82, 2.24) is 10.2 Å². The second kappa shape index (κ2) is 5.00. The molecule has 0 bridgehead atoms. The van der Waals surface area contributed by atoms with Gasteiger partial charge in [-0.25, -0.2) is 8.42 Å². The first-order valence-electron chi connectivity index (χ1n) is 5.88. The van der Waals surface area contributed by atoms with Crippen molar-refractivity contribution in [3.05, 3.63) is 0 Å². The van der Waals surface area contributed by atoms with E-state index >= 15 is 0 Å². The molecule has 2 saturated heterocycles. The molecule has 2 aliphatic heterocycles. The van der Waals surface area contributed by atoms with Gasteiger partial charge in [-0.3, -0.25) is 4.90 Å². The largest absolute Gasteiger partial charge is 0.391 e. The van der Waals surface area contributed by atoms with Crippen molar-refractivity contribution in [2.75, 3.05) is 44.2 Å². The number of nitrogens with zero attached hydrogens (tertiary/aromatic N) is 1. The highest BCUT2D eigenvalue weighted by Crippen LogP contribution is 2.22. The first kappa shape index (κ1) is 12.3. The number of hydrogen-bond donors (Lipinski definition) is 2. The monoisotopic (exact) mass is 248 g/mol. The van der Waals surface area contributed by atoms with Crippen LogP contribution in [0.2, 0.25) is 0 Å². The van der Waals surface area contributed by atoms with Crippen LogP contribution in [-0.2, 0) is 9.84 Å². The molecule has 0 aliphatic carbocycles. The van der Waals surface area contributed by atoms with Crippen molar-refractivity contribution in [2.24, 2.45) is 5.92 Å². The van der Waals surface area contributed by atoms with Crippen LogP contribution in [0.5, 0.6) is 0 Å². The summed E-state index contributed by atoms with van der Waals surface area (Å²) in [5.74, 6) is 0.358. The van der Waals surface area contributed by atoms with E-state index in [1.165, 1.54) is 0 Å². The van der Waals surface area contributed by atoms with Crippen molar-refractivity contribution in [3.8, 4) is 0 Å². The zero-order chi connectivity index (χ0) is 11.6. The summed E-state index contributed by atoms with van der Waals surface area (Å²) < 4.78 is 22.6. The molecule has 2 heterocycles. The highest BCUT2D eigenvalue weighted by molar-refractivity contribution is 7.91. The van der Waals surface area contributed by atoms with Crippen molar-refractivity contribution in [2.45, 2.75) is 12.5 Å². The lowest BCUT2D eigenvalue weighted by Gasteiger charge is -2.30. The molecular weight excluding hydrogens is 228 g/mol. The molecule has 0 spiro atoms. The molecule has 2 rings (SSSR count). The van der Waals surface area contributed by atoms with Crippen LogP contribution in [0.4, 0.5) is 0 Å². The average molecular weight is 248 g/mol. The van der Waals surface area contributed by atoms with Crippen LogP contribution in [0, 0.1) is 5.92 Å². The second-order valence-corrected chi connectivity index (χ2v) is 7.01. The summed E-state index contributed by atoms with van der Waals surface area (Å²) >= 11 is 0. The van der Waals surface area contributed by atoms with E-state index < -0.39 is 15.9 Å². The quantitative estimate of drug-likeness (QED) is 0.649. The third kappa shape index (κ3) is 3.16. The van der Waals surface area contributed by atoms with Gasteiger partial charge in [0.25, 0.3) is 0 Å². The Bertz CT molecular complexity index is 325. The summed E-state index contributed by atoms with van der Waals surface area (Å²) in [5, 5.41) is 13.3. The number of aliphatic hydroxyl groups is 1. The molecule has 94 valence electrons. The molecule has 5 nitrogen and oxygen atoms in total. The van der Waals surface area contributed by atoms with E-state index in [2.05, 4.69) is 10.2 Å². The van der Waals surface area contributed by atoms with Crippen LogP contribution in [0.15, 0.2) is 0 Å². The molecule has 0 saturated carbocycles. The zero-order valence-electron chi connectivity index (χ0n) is 9.43. The number of rotatable bonds is 3. The van der Waals surface area contributed by atoms with Gasteiger partial charge >= 0.3 is 0 Å². The molecule has 0 aromatic heterocycles. The standard InChI is InChI=1S/C10H20N2O3S/c13-10(7-12-4-2-11-3-5-12)9-1-6-16(14,15)8-9/h9-11,13H,1-8H2. The third-order valence-electron chi connectivity index (χ3n) is 3.47. The normalized spacial score (nSPS) is 32.7. The van der Waals surface area contributed by atoms with Crippen LogP contribution in [0.1, 0.15) is 6.42 Å². The fraction of sp³-hybridized carbons (Fsp3) is 1.00. The lowest BCUT2D eigenvalue weighted by Crippen LogP contribution is -2.47. The summed E-state index contributed by atoms with van der Waals surface area (Å²) in [6.45, 7) is 4.40. The van der Waals surface area contributed by atoms with Gasteiger partial charge in [-0.2, -0.15) is 0 Å². The molecule has 2 unspecified atom stereocenters. The van der Waals surface area contributed by atoms with Crippen LogP contribution in [0.25, 0.3) is 0 Å². The van der Waals surface area contributed by atoms with Gasteiger partial charge in [0.05, 0.1) is 17.6 Å². The molecule has 0 radical (unpaired) electrons. The zero-order valence-corrected chi connectivity index (χ0v) is 10.2. The van der Waals surface area contributed by atoms with E-state index in [-0.39, 0.29) is 17.4 Å². The Morgan fingerprint density at radius 2 is 2.06 bits per heavy atom. The van der Waals surface area contributed by atoms with E-state index in [1.807, 2.05) is 0 Å². The predicted octanol–water partition coefficient (Wildman–Crippen LogP) is -1.31. The first-order valence-corrected chi connectivity index (χ1v) is 7.70. The molecule has 6 heteroatoms. The molecule has 2 aliphatic rings. The Morgan fingerprint density at radius 1 is 1.38 bits per heavy atom. The Hall–Kier alpha value is -0.170. The van der Waals surface area contributed by atoms with Gasteiger partial charge < -0.3 is 10.4 Å². The molecule has 0 amide bonds. The summed E-state index contributed by atoms with van der Waals surface area (Å²) in [6.07, 6.45) is 0.130. The smallest absolute Gasteiger partial charge is 0.150 e. The van der Waals surface area contributed by atoms with E-state index in [4.69, 9.17) is 0 Å². The molecule has 2 atom stereocenters. The van der Waals surface area contributed by atoms with Crippen LogP contribution < -0.4 is 5.32 Å². The van der Waals surface area contributed by atoms with Gasteiger partial charge in [0.15, 0.2) is 9.84 Å². The number of hydrogen-bond acceptors (Lipinski definition) is 5. The van der Waals surface area contributed by atoms with Crippen molar-refractivity contribution in [1.29, 1.82) is 0 Å². The van der Waals surface area contributed by atoms with Crippen molar-refractivity contribution >= 4 is 9.84 Å². The van der Waals surface area contributed by atoms with Gasteiger partial charge in [0.1, 0.15) is 0 Å². The number of sulfone groups is 1. The van der Waals surface area contributed by atoms with Gasteiger partial charge in [0, 0.05) is 38.6 Å². The second-order valence-electron chi connectivity index (χ2n) is 4.78. The molecule has 0 aromatic carbocycles. The molecule has 16 heavy (non-hydrogen) atoms. The fourth-order valence-electron chi connectivity index (χ4n) is 2.43. The van der Waals surface area contributed by atoms with E-state index in [9.17, 15) is 13.5 Å². The molecule has 2 N–H and O–H groups in total. The predicted molar refractivity (Wildman–Crippen MR) is 62.1 cm³/mol. The highest BCUT2D eigenvalue weighted by atomic mass is 32.2. The fourth-order valence-corrected chi connectivity index (χ4v) is 4.30. The lowest BCUT2D eigenvalue weighted by atomic mass is 10.0. The van der Waals surface area contributed by atoms with E-state index in [0.29, 0.717) is 13.0 Å². The number of aliphatic hydroxyl groups excluding tert-OH is 1. The Labute approximate surface area is 96.7 Å². The van der Waals surface area contributed by atoms with Gasteiger partial charge in [-0.05, 0) is 6.42 Å². The minimum atomic E-state index is -2.87. The maximum absolute atomic E-state index is 11.3. The summed E-state index contributed by atoms with van der Waals surface area (Å²) in [4.78, 5) is 2.20. The summed E-state index contributed by atoms with van der Waals surface area (Å²) in [6, 6.07) is 0. The van der Waals surface area contributed by atoms with Gasteiger partial charge in [-0.15, -0.1) is 0 Å². The molecule has 2 fully saturated rings. The number of piperazine rings is 1. The summed E-state index contributed by atoms with van der Waals surface area (Å²) in [7, 11) is -2.87. The number of β-amino-alcohol motifs (C(OH)–C–C–N with tert-alkyl or cyclic N) is 1. The van der Waals surface area contributed by atoms with E-state index in [0.717, 1.165) is 26.2 Å². The molecular formula is C10H20N2O3S. The maximum atomic E-state index is 11.3. The summed E-state index contributed by atoms with van der Waals surface area (Å²) in [5.41, 5.74) is 0. The minimum Gasteiger partial charge on any atom is -0.391 e. The Balaban J connectivity index is 1.81. The highest BCUT2D eigenvalue weighted by Gasteiger charge is 2.33. The minimum absolute atomic E-state index is 0.0557. The van der Waals surface area contributed by atoms with Crippen LogP contribution in [-0.4, -0.2) is 68.8 Å². The van der Waals surface area contributed by atoms with Gasteiger partial charge in [0.2, 0.25) is 0 Å². The lowest BCUT2D eigenvalue weighted by molar-refractivity contribution is 0.0675. The van der Waals surface area contributed by atoms with Crippen LogP contribution in [0.3, 0.4) is 0 Å². The maximum Gasteiger partial charge on any atom is 0.150 e. The molecule has 0 aromatic rings. The topological polar surface area (TPSA) is 69.6 Å². The third-order valence-corrected chi connectivity index (χ3v) is 5.26. The number of nitrogens with one attached hydrogen (secondary N) is 1. The van der Waals surface area contributed by atoms with Crippen LogP contribution >= 0.6 is 0 Å². The van der Waals surface area contributed by atoms with Gasteiger partial charge in [-0.1, -0.05) is 0 Å².